The maximum atomic E-state index is 11.2. The van der Waals surface area contributed by atoms with Gasteiger partial charge in [-0.3, -0.25) is 9.69 Å². The van der Waals surface area contributed by atoms with Crippen molar-refractivity contribution in [2.75, 3.05) is 7.05 Å². The van der Waals surface area contributed by atoms with Gasteiger partial charge in [0.15, 0.2) is 0 Å². The first-order chi connectivity index (χ1) is 5.69. The van der Waals surface area contributed by atoms with Gasteiger partial charge in [0.05, 0.1) is 0 Å². The lowest BCUT2D eigenvalue weighted by molar-refractivity contribution is -0.123. The van der Waals surface area contributed by atoms with E-state index in [1.165, 1.54) is 0 Å². The van der Waals surface area contributed by atoms with Gasteiger partial charge in [0.1, 0.15) is 5.78 Å². The van der Waals surface area contributed by atoms with Gasteiger partial charge in [-0.15, -0.1) is 13.2 Å². The summed E-state index contributed by atoms with van der Waals surface area (Å²) in [7, 11) is 2.01. The molecule has 2 atom stereocenters. The van der Waals surface area contributed by atoms with E-state index in [1.807, 2.05) is 19.2 Å². The molecule has 0 aromatic heterocycles. The second kappa shape index (κ2) is 3.68. The number of carbonyl (C=O) groups is 1. The number of carbonyl (C=O) groups excluding carboxylic acids is 1. The highest BCUT2D eigenvalue weighted by atomic mass is 16.1. The fourth-order valence-electron chi connectivity index (χ4n) is 1.58. The molecule has 66 valence electrons. The predicted molar refractivity (Wildman–Crippen MR) is 50.0 cm³/mol. The predicted octanol–water partition coefficient (Wildman–Crippen LogP) is 1.39. The summed E-state index contributed by atoms with van der Waals surface area (Å²) in [6.45, 7) is 7.42. The zero-order valence-corrected chi connectivity index (χ0v) is 7.49. The average Bonchev–Trinajstić information content (AvgIpc) is 2.08. The van der Waals surface area contributed by atoms with E-state index in [-0.39, 0.29) is 12.1 Å². The van der Waals surface area contributed by atoms with E-state index in [0.717, 1.165) is 0 Å². The van der Waals surface area contributed by atoms with Gasteiger partial charge >= 0.3 is 0 Å². The van der Waals surface area contributed by atoms with Gasteiger partial charge in [0.2, 0.25) is 0 Å². The third kappa shape index (κ3) is 1.64. The summed E-state index contributed by atoms with van der Waals surface area (Å²) in [5.74, 6) is 0.308. The van der Waals surface area contributed by atoms with Crippen molar-refractivity contribution in [2.24, 2.45) is 0 Å². The summed E-state index contributed by atoms with van der Waals surface area (Å²) < 4.78 is 0. The van der Waals surface area contributed by atoms with E-state index in [9.17, 15) is 4.79 Å². The molecule has 1 aliphatic rings. The number of piperidine rings is 1. The fourth-order valence-corrected chi connectivity index (χ4v) is 1.58. The zero-order valence-electron chi connectivity index (χ0n) is 7.49. The molecular formula is C10H15NO. The van der Waals surface area contributed by atoms with Crippen LogP contribution in [0.15, 0.2) is 25.3 Å². The third-order valence-corrected chi connectivity index (χ3v) is 2.46. The highest BCUT2D eigenvalue weighted by Crippen LogP contribution is 2.19. The minimum atomic E-state index is 0.189. The van der Waals surface area contributed by atoms with Crippen molar-refractivity contribution in [2.45, 2.75) is 24.9 Å². The van der Waals surface area contributed by atoms with E-state index in [1.54, 1.807) is 0 Å². The number of nitrogens with zero attached hydrogens (tertiary/aromatic N) is 1. The molecule has 1 aliphatic heterocycles. The van der Waals surface area contributed by atoms with Crippen LogP contribution in [0.25, 0.3) is 0 Å². The van der Waals surface area contributed by atoms with Crippen LogP contribution in [0.3, 0.4) is 0 Å². The number of Topliss-reactive ketones (excluding diaryl/α,β-unsaturated/α-hetero) is 1. The van der Waals surface area contributed by atoms with Gasteiger partial charge < -0.3 is 0 Å². The molecule has 0 aliphatic carbocycles. The smallest absolute Gasteiger partial charge is 0.136 e. The maximum absolute atomic E-state index is 11.2. The molecule has 0 aromatic rings. The Morgan fingerprint density at radius 2 is 1.75 bits per heavy atom. The molecular weight excluding hydrogens is 150 g/mol. The Kier molecular flexibility index (Phi) is 2.82. The Bertz CT molecular complexity index is 190. The summed E-state index contributed by atoms with van der Waals surface area (Å²) >= 11 is 0. The molecule has 12 heavy (non-hydrogen) atoms. The molecule has 0 N–H and O–H groups in total. The molecule has 0 saturated carbocycles. The Morgan fingerprint density at radius 3 is 2.08 bits per heavy atom. The summed E-state index contributed by atoms with van der Waals surface area (Å²) in [6.07, 6.45) is 4.86. The van der Waals surface area contributed by atoms with Crippen molar-refractivity contribution in [1.29, 1.82) is 0 Å². The molecule has 1 saturated heterocycles. The van der Waals surface area contributed by atoms with Crippen molar-refractivity contribution >= 4 is 5.78 Å². The Morgan fingerprint density at radius 1 is 1.33 bits per heavy atom. The molecule has 0 aromatic carbocycles. The van der Waals surface area contributed by atoms with Crippen LogP contribution in [0.2, 0.25) is 0 Å². The Balaban J connectivity index is 2.73. The summed E-state index contributed by atoms with van der Waals surface area (Å²) in [4.78, 5) is 13.4. The fraction of sp³-hybridized carbons (Fsp3) is 0.500. The molecule has 1 rings (SSSR count). The lowest BCUT2D eigenvalue weighted by atomic mass is 9.95. The summed E-state index contributed by atoms with van der Waals surface area (Å²) in [5, 5.41) is 0. The van der Waals surface area contributed by atoms with Gasteiger partial charge in [-0.2, -0.15) is 0 Å². The zero-order chi connectivity index (χ0) is 9.14. The molecule has 0 amide bonds. The quantitative estimate of drug-likeness (QED) is 0.576. The Hall–Kier alpha value is -0.890. The SMILES string of the molecule is C=C[C@@H]1CC(=O)C[C@H](C=C)N1C. The lowest BCUT2D eigenvalue weighted by Crippen LogP contribution is -2.45. The molecule has 2 nitrogen and oxygen atoms in total. The number of hydrogen-bond donors (Lipinski definition) is 0. The summed E-state index contributed by atoms with van der Waals surface area (Å²) in [6, 6.07) is 0.378. The molecule has 0 unspecified atom stereocenters. The topological polar surface area (TPSA) is 20.3 Å². The number of ketones is 1. The molecule has 0 radical (unpaired) electrons. The van der Waals surface area contributed by atoms with Crippen LogP contribution in [0.1, 0.15) is 12.8 Å². The van der Waals surface area contributed by atoms with E-state index in [4.69, 9.17) is 0 Å². The van der Waals surface area contributed by atoms with Crippen LogP contribution in [0.5, 0.6) is 0 Å². The lowest BCUT2D eigenvalue weighted by Gasteiger charge is -2.35. The number of likely N-dealkylation sites (N-methyl/N-ethyl adjacent to an activating group) is 1. The molecule has 1 fully saturated rings. The normalized spacial score (nSPS) is 31.6. The van der Waals surface area contributed by atoms with Crippen LogP contribution >= 0.6 is 0 Å². The van der Waals surface area contributed by atoms with Gasteiger partial charge in [-0.25, -0.2) is 0 Å². The minimum Gasteiger partial charge on any atom is -0.300 e. The van der Waals surface area contributed by atoms with Crippen molar-refractivity contribution in [3.05, 3.63) is 25.3 Å². The van der Waals surface area contributed by atoms with Gasteiger partial charge in [-0.1, -0.05) is 12.2 Å². The first kappa shape index (κ1) is 9.20. The third-order valence-electron chi connectivity index (χ3n) is 2.46. The molecule has 0 spiro atoms. The van der Waals surface area contributed by atoms with Crippen molar-refractivity contribution in [1.82, 2.24) is 4.90 Å². The summed E-state index contributed by atoms with van der Waals surface area (Å²) in [5.41, 5.74) is 0. The van der Waals surface area contributed by atoms with Crippen molar-refractivity contribution in [3.8, 4) is 0 Å². The largest absolute Gasteiger partial charge is 0.300 e. The standard InChI is InChI=1S/C10H15NO/c1-4-8-6-10(12)7-9(5-2)11(8)3/h4-5,8-9H,1-2,6-7H2,3H3/t8-,9+. The highest BCUT2D eigenvalue weighted by molar-refractivity contribution is 5.81. The number of likely N-dealkylation sites (tertiary alicyclic amines) is 1. The van der Waals surface area contributed by atoms with Gasteiger partial charge in [0.25, 0.3) is 0 Å². The van der Waals surface area contributed by atoms with E-state index in [0.29, 0.717) is 18.6 Å². The van der Waals surface area contributed by atoms with Crippen LogP contribution in [0, 0.1) is 0 Å². The van der Waals surface area contributed by atoms with Crippen LogP contribution < -0.4 is 0 Å². The Labute approximate surface area is 73.6 Å². The molecule has 0 bridgehead atoms. The van der Waals surface area contributed by atoms with E-state index in [2.05, 4.69) is 18.1 Å². The number of hydrogen-bond acceptors (Lipinski definition) is 2. The first-order valence-corrected chi connectivity index (χ1v) is 4.17. The van der Waals surface area contributed by atoms with E-state index >= 15 is 0 Å². The van der Waals surface area contributed by atoms with Crippen molar-refractivity contribution < 1.29 is 4.79 Å². The monoisotopic (exact) mass is 165 g/mol. The second-order valence-electron chi connectivity index (χ2n) is 3.22. The number of rotatable bonds is 2. The highest BCUT2D eigenvalue weighted by Gasteiger charge is 2.28. The van der Waals surface area contributed by atoms with Crippen molar-refractivity contribution in [3.63, 3.8) is 0 Å². The second-order valence-corrected chi connectivity index (χ2v) is 3.22. The van der Waals surface area contributed by atoms with Crippen LogP contribution in [-0.4, -0.2) is 29.8 Å². The van der Waals surface area contributed by atoms with E-state index < -0.39 is 0 Å². The molecule has 1 heterocycles. The first-order valence-electron chi connectivity index (χ1n) is 4.17. The minimum absolute atomic E-state index is 0.189. The molecule has 2 heteroatoms. The maximum Gasteiger partial charge on any atom is 0.136 e. The van der Waals surface area contributed by atoms with Gasteiger partial charge in [0, 0.05) is 24.9 Å². The average molecular weight is 165 g/mol. The van der Waals surface area contributed by atoms with Crippen LogP contribution in [0.4, 0.5) is 0 Å². The van der Waals surface area contributed by atoms with Gasteiger partial charge in [-0.05, 0) is 7.05 Å². The van der Waals surface area contributed by atoms with Crippen LogP contribution in [-0.2, 0) is 4.79 Å².